The van der Waals surface area contributed by atoms with Crippen molar-refractivity contribution in [3.8, 4) is 11.7 Å². The number of rotatable bonds is 4. The summed E-state index contributed by atoms with van der Waals surface area (Å²) in [6.07, 6.45) is 0. The molecular formula is C20H24N6O3. The number of aryl methyl sites for hydroxylation is 1. The molecule has 29 heavy (non-hydrogen) atoms. The molecule has 0 spiro atoms. The van der Waals surface area contributed by atoms with Gasteiger partial charge in [0.1, 0.15) is 11.6 Å². The Bertz CT molecular complexity index is 1090. The lowest BCUT2D eigenvalue weighted by Gasteiger charge is -2.13. The molecule has 9 heteroatoms. The van der Waals surface area contributed by atoms with Crippen LogP contribution in [0.4, 0.5) is 16.3 Å². The predicted molar refractivity (Wildman–Crippen MR) is 111 cm³/mol. The number of carbonyl (C=O) groups excluding carboxylic acids is 1. The minimum Gasteiger partial charge on any atom is -0.497 e. The minimum atomic E-state index is -0.463. The number of hydrogen-bond donors (Lipinski definition) is 3. The van der Waals surface area contributed by atoms with Gasteiger partial charge in [-0.25, -0.2) is 9.78 Å². The quantitative estimate of drug-likeness (QED) is 0.627. The maximum absolute atomic E-state index is 12.6. The summed E-state index contributed by atoms with van der Waals surface area (Å²) in [6, 6.07) is 9.70. The minimum absolute atomic E-state index is 0.224. The average molecular weight is 396 g/mol. The number of carbonyl (C=O) groups is 1. The number of anilines is 2. The Morgan fingerprint density at radius 2 is 1.93 bits per heavy atom. The standard InChI is InChI=1S/C20H24N6O3/c1-12-9-17(27)24-18(21-12)26-16(11-15(25-26)20(2,3)4)23-19(28)22-13-7-6-8-14(10-13)29-5/h6-11H,1-5H3,(H,21,24,27)(H2,22,23,28). The van der Waals surface area contributed by atoms with E-state index in [9.17, 15) is 9.59 Å². The molecule has 0 radical (unpaired) electrons. The van der Waals surface area contributed by atoms with Crippen LogP contribution in [0.2, 0.25) is 0 Å². The highest BCUT2D eigenvalue weighted by atomic mass is 16.5. The van der Waals surface area contributed by atoms with Gasteiger partial charge in [-0.05, 0) is 19.1 Å². The first kappa shape index (κ1) is 20.1. The molecule has 152 valence electrons. The van der Waals surface area contributed by atoms with E-state index in [0.29, 0.717) is 22.9 Å². The molecule has 0 atom stereocenters. The van der Waals surface area contributed by atoms with E-state index < -0.39 is 6.03 Å². The zero-order valence-electron chi connectivity index (χ0n) is 17.0. The van der Waals surface area contributed by atoms with Crippen LogP contribution in [0.5, 0.6) is 5.75 Å². The Kier molecular flexibility index (Phi) is 5.40. The van der Waals surface area contributed by atoms with E-state index in [-0.39, 0.29) is 16.9 Å². The largest absolute Gasteiger partial charge is 0.497 e. The van der Waals surface area contributed by atoms with Crippen LogP contribution in [0.15, 0.2) is 41.2 Å². The molecule has 3 N–H and O–H groups in total. The van der Waals surface area contributed by atoms with Crippen LogP contribution < -0.4 is 20.9 Å². The van der Waals surface area contributed by atoms with Gasteiger partial charge < -0.3 is 10.1 Å². The van der Waals surface area contributed by atoms with Crippen molar-refractivity contribution in [2.24, 2.45) is 0 Å². The zero-order valence-corrected chi connectivity index (χ0v) is 17.0. The molecule has 0 saturated heterocycles. The summed E-state index contributed by atoms with van der Waals surface area (Å²) < 4.78 is 6.58. The molecule has 0 aliphatic carbocycles. The number of methoxy groups -OCH3 is 1. The van der Waals surface area contributed by atoms with E-state index in [2.05, 4.69) is 25.7 Å². The highest BCUT2D eigenvalue weighted by Gasteiger charge is 2.22. The van der Waals surface area contributed by atoms with Crippen LogP contribution >= 0.6 is 0 Å². The van der Waals surface area contributed by atoms with Gasteiger partial charge in [0.25, 0.3) is 5.56 Å². The molecule has 3 rings (SSSR count). The van der Waals surface area contributed by atoms with Crippen molar-refractivity contribution in [2.45, 2.75) is 33.1 Å². The second-order valence-corrected chi connectivity index (χ2v) is 7.60. The molecule has 0 bridgehead atoms. The van der Waals surface area contributed by atoms with Crippen LogP contribution in [-0.4, -0.2) is 32.9 Å². The van der Waals surface area contributed by atoms with E-state index in [0.717, 1.165) is 5.69 Å². The van der Waals surface area contributed by atoms with Crippen LogP contribution in [0.3, 0.4) is 0 Å². The van der Waals surface area contributed by atoms with Crippen molar-refractivity contribution >= 4 is 17.5 Å². The second kappa shape index (κ2) is 7.78. The Balaban J connectivity index is 1.93. The lowest BCUT2D eigenvalue weighted by atomic mass is 9.92. The Morgan fingerprint density at radius 3 is 2.59 bits per heavy atom. The van der Waals surface area contributed by atoms with Crippen LogP contribution in [0.25, 0.3) is 5.95 Å². The van der Waals surface area contributed by atoms with E-state index in [4.69, 9.17) is 4.74 Å². The van der Waals surface area contributed by atoms with Crippen molar-refractivity contribution in [3.63, 3.8) is 0 Å². The molecule has 0 fully saturated rings. The highest BCUT2D eigenvalue weighted by Crippen LogP contribution is 2.25. The zero-order chi connectivity index (χ0) is 21.2. The number of urea groups is 1. The van der Waals surface area contributed by atoms with Crippen LogP contribution in [0, 0.1) is 6.92 Å². The van der Waals surface area contributed by atoms with E-state index in [1.165, 1.54) is 10.7 Å². The van der Waals surface area contributed by atoms with E-state index in [1.54, 1.807) is 44.4 Å². The van der Waals surface area contributed by atoms with Gasteiger partial charge in [0.15, 0.2) is 0 Å². The first-order valence-corrected chi connectivity index (χ1v) is 9.06. The van der Waals surface area contributed by atoms with Gasteiger partial charge >= 0.3 is 6.03 Å². The molecule has 0 aliphatic rings. The SMILES string of the molecule is COc1cccc(NC(=O)Nc2cc(C(C)(C)C)nn2-c2nc(C)cc(=O)[nH]2)c1. The van der Waals surface area contributed by atoms with Crippen molar-refractivity contribution in [3.05, 3.63) is 58.1 Å². The lowest BCUT2D eigenvalue weighted by molar-refractivity contribution is 0.262. The van der Waals surface area contributed by atoms with Crippen LogP contribution in [-0.2, 0) is 5.41 Å². The topological polar surface area (TPSA) is 114 Å². The summed E-state index contributed by atoms with van der Waals surface area (Å²) in [7, 11) is 1.56. The van der Waals surface area contributed by atoms with Crippen molar-refractivity contribution < 1.29 is 9.53 Å². The summed E-state index contributed by atoms with van der Waals surface area (Å²) in [5.41, 5.74) is 1.29. The van der Waals surface area contributed by atoms with E-state index >= 15 is 0 Å². The molecule has 2 heterocycles. The van der Waals surface area contributed by atoms with E-state index in [1.807, 2.05) is 20.8 Å². The first-order valence-electron chi connectivity index (χ1n) is 9.06. The summed E-state index contributed by atoms with van der Waals surface area (Å²) >= 11 is 0. The number of H-pyrrole nitrogens is 1. The number of nitrogens with one attached hydrogen (secondary N) is 3. The highest BCUT2D eigenvalue weighted by molar-refractivity contribution is 5.99. The van der Waals surface area contributed by atoms with Gasteiger partial charge in [0, 0.05) is 35.0 Å². The summed E-state index contributed by atoms with van der Waals surface area (Å²) in [4.78, 5) is 31.4. The molecule has 9 nitrogen and oxygen atoms in total. The lowest BCUT2D eigenvalue weighted by Crippen LogP contribution is -2.22. The number of amides is 2. The van der Waals surface area contributed by atoms with Gasteiger partial charge in [-0.2, -0.15) is 9.78 Å². The molecule has 0 aliphatic heterocycles. The smallest absolute Gasteiger partial charge is 0.324 e. The summed E-state index contributed by atoms with van der Waals surface area (Å²) in [5.74, 6) is 1.23. The maximum atomic E-state index is 12.6. The fraction of sp³-hybridized carbons (Fsp3) is 0.300. The summed E-state index contributed by atoms with van der Waals surface area (Å²) in [6.45, 7) is 7.74. The molecule has 1 aromatic carbocycles. The number of nitrogens with zero attached hydrogens (tertiary/aromatic N) is 3. The predicted octanol–water partition coefficient (Wildman–Crippen LogP) is 3.21. The molecule has 0 unspecified atom stereocenters. The normalized spacial score (nSPS) is 11.2. The monoisotopic (exact) mass is 396 g/mol. The first-order chi connectivity index (χ1) is 13.7. The third kappa shape index (κ3) is 4.81. The molecule has 3 aromatic rings. The molecule has 2 amide bonds. The fourth-order valence-electron chi connectivity index (χ4n) is 2.64. The van der Waals surface area contributed by atoms with Gasteiger partial charge in [-0.3, -0.25) is 15.1 Å². The fourth-order valence-corrected chi connectivity index (χ4v) is 2.64. The number of ether oxygens (including phenoxy) is 1. The van der Waals surface area contributed by atoms with Gasteiger partial charge in [0.2, 0.25) is 5.95 Å². The maximum Gasteiger partial charge on any atom is 0.324 e. The molecular weight excluding hydrogens is 372 g/mol. The van der Waals surface area contributed by atoms with Gasteiger partial charge in [0.05, 0.1) is 12.8 Å². The third-order valence-electron chi connectivity index (χ3n) is 4.10. The Morgan fingerprint density at radius 1 is 1.17 bits per heavy atom. The average Bonchev–Trinajstić information content (AvgIpc) is 3.05. The van der Waals surface area contributed by atoms with Crippen molar-refractivity contribution in [1.82, 2.24) is 19.7 Å². The van der Waals surface area contributed by atoms with Crippen molar-refractivity contribution in [1.29, 1.82) is 0 Å². The number of hydrogen-bond acceptors (Lipinski definition) is 5. The van der Waals surface area contributed by atoms with Crippen molar-refractivity contribution in [2.75, 3.05) is 17.7 Å². The van der Waals surface area contributed by atoms with Gasteiger partial charge in [-0.1, -0.05) is 26.8 Å². The molecule has 0 saturated carbocycles. The Labute approximate surface area is 168 Å². The number of aromatic amines is 1. The summed E-state index contributed by atoms with van der Waals surface area (Å²) in [5, 5.41) is 10.1. The molecule has 2 aromatic heterocycles. The number of aromatic nitrogens is 4. The Hall–Kier alpha value is -3.62. The second-order valence-electron chi connectivity index (χ2n) is 7.60. The third-order valence-corrected chi connectivity index (χ3v) is 4.10. The number of benzene rings is 1. The van der Waals surface area contributed by atoms with Gasteiger partial charge in [-0.15, -0.1) is 0 Å². The van der Waals surface area contributed by atoms with Crippen LogP contribution in [0.1, 0.15) is 32.2 Å².